The summed E-state index contributed by atoms with van der Waals surface area (Å²) >= 11 is 0. The highest BCUT2D eigenvalue weighted by Gasteiger charge is 2.26. The third kappa shape index (κ3) is 7.21. The van der Waals surface area contributed by atoms with Gasteiger partial charge in [0.1, 0.15) is 11.6 Å². The van der Waals surface area contributed by atoms with E-state index < -0.39 is 0 Å². The maximum Gasteiger partial charge on any atom is 0.242 e. The molecule has 0 unspecified atom stereocenters. The van der Waals surface area contributed by atoms with Gasteiger partial charge in [-0.1, -0.05) is 26.0 Å². The molecule has 1 atom stereocenters. The third-order valence-electron chi connectivity index (χ3n) is 5.26. The maximum atomic E-state index is 13.2. The first-order chi connectivity index (χ1) is 14.9. The predicted molar refractivity (Wildman–Crippen MR) is 115 cm³/mol. The average molecular weight is 431 g/mol. The Balaban J connectivity index is 1.69. The fraction of sp³-hybridized carbons (Fsp3) is 0.500. The summed E-state index contributed by atoms with van der Waals surface area (Å²) in [5, 5.41) is 0. The summed E-state index contributed by atoms with van der Waals surface area (Å²) < 4.78 is 24.3. The molecular weight excluding hydrogens is 399 g/mol. The van der Waals surface area contributed by atoms with Crippen LogP contribution in [0, 0.1) is 11.7 Å². The normalized spacial score (nSPS) is 15.9. The molecule has 7 heteroatoms. The van der Waals surface area contributed by atoms with Gasteiger partial charge in [-0.15, -0.1) is 0 Å². The molecule has 1 aliphatic rings. The van der Waals surface area contributed by atoms with Crippen LogP contribution in [0.4, 0.5) is 4.39 Å². The van der Waals surface area contributed by atoms with Crippen molar-refractivity contribution in [2.24, 2.45) is 5.92 Å². The largest absolute Gasteiger partial charge is 0.467 e. The Labute approximate surface area is 183 Å². The van der Waals surface area contributed by atoms with E-state index in [1.807, 2.05) is 19.9 Å². The first kappa shape index (κ1) is 23.0. The van der Waals surface area contributed by atoms with Gasteiger partial charge in [0, 0.05) is 19.7 Å². The van der Waals surface area contributed by atoms with Crippen LogP contribution in [0.1, 0.15) is 38.0 Å². The minimum Gasteiger partial charge on any atom is -0.467 e. The van der Waals surface area contributed by atoms with Crippen LogP contribution in [-0.2, 0) is 27.3 Å². The van der Waals surface area contributed by atoms with Crippen molar-refractivity contribution >= 4 is 11.8 Å². The summed E-state index contributed by atoms with van der Waals surface area (Å²) in [6, 6.07) is 9.51. The Bertz CT molecular complexity index is 830. The van der Waals surface area contributed by atoms with Crippen molar-refractivity contribution < 1.29 is 23.1 Å². The van der Waals surface area contributed by atoms with E-state index >= 15 is 0 Å². The van der Waals surface area contributed by atoms with Crippen LogP contribution in [0.25, 0.3) is 0 Å². The Morgan fingerprint density at radius 1 is 1.13 bits per heavy atom. The predicted octanol–water partition coefficient (Wildman–Crippen LogP) is 3.65. The fourth-order valence-corrected chi connectivity index (χ4v) is 3.73. The van der Waals surface area contributed by atoms with Crippen molar-refractivity contribution in [2.75, 3.05) is 26.2 Å². The lowest BCUT2D eigenvalue weighted by Crippen LogP contribution is -2.46. The van der Waals surface area contributed by atoms with E-state index in [0.717, 1.165) is 18.4 Å². The Hall–Kier alpha value is -2.67. The van der Waals surface area contributed by atoms with Crippen molar-refractivity contribution in [3.63, 3.8) is 0 Å². The number of rotatable bonds is 10. The van der Waals surface area contributed by atoms with E-state index in [9.17, 15) is 14.0 Å². The molecule has 1 aliphatic heterocycles. The van der Waals surface area contributed by atoms with Gasteiger partial charge in [-0.05, 0) is 48.6 Å². The molecule has 1 aromatic heterocycles. The molecule has 6 nitrogen and oxygen atoms in total. The van der Waals surface area contributed by atoms with Crippen molar-refractivity contribution in [2.45, 2.75) is 45.8 Å². The molecule has 168 valence electrons. The van der Waals surface area contributed by atoms with Crippen molar-refractivity contribution in [3.8, 4) is 0 Å². The number of furan rings is 1. The summed E-state index contributed by atoms with van der Waals surface area (Å²) in [6.45, 7) is 6.01. The number of amides is 2. The topological polar surface area (TPSA) is 63.0 Å². The summed E-state index contributed by atoms with van der Waals surface area (Å²) in [4.78, 5) is 29.5. The summed E-state index contributed by atoms with van der Waals surface area (Å²) in [7, 11) is 0. The fourth-order valence-electron chi connectivity index (χ4n) is 3.73. The number of hydrogen-bond donors (Lipinski definition) is 0. The van der Waals surface area contributed by atoms with Crippen LogP contribution in [0.5, 0.6) is 0 Å². The number of halogens is 1. The van der Waals surface area contributed by atoms with Gasteiger partial charge in [0.2, 0.25) is 11.8 Å². The molecule has 3 rings (SSSR count). The maximum absolute atomic E-state index is 13.2. The van der Waals surface area contributed by atoms with E-state index in [2.05, 4.69) is 0 Å². The Kier molecular flexibility index (Phi) is 8.23. The molecule has 0 bridgehead atoms. The first-order valence-electron chi connectivity index (χ1n) is 10.8. The van der Waals surface area contributed by atoms with E-state index in [1.54, 1.807) is 34.3 Å². The lowest BCUT2D eigenvalue weighted by molar-refractivity contribution is -0.142. The summed E-state index contributed by atoms with van der Waals surface area (Å²) in [5.41, 5.74) is 0.722. The van der Waals surface area contributed by atoms with Gasteiger partial charge in [-0.25, -0.2) is 4.39 Å². The summed E-state index contributed by atoms with van der Waals surface area (Å²) in [5.74, 6) is 0.276. The zero-order valence-electron chi connectivity index (χ0n) is 18.3. The molecule has 1 fully saturated rings. The van der Waals surface area contributed by atoms with Gasteiger partial charge in [0.05, 0.1) is 31.9 Å². The molecule has 31 heavy (non-hydrogen) atoms. The lowest BCUT2D eigenvalue weighted by atomic mass is 10.1. The van der Waals surface area contributed by atoms with Gasteiger partial charge in [0.15, 0.2) is 0 Å². The van der Waals surface area contributed by atoms with Gasteiger partial charge in [0.25, 0.3) is 0 Å². The molecule has 0 spiro atoms. The van der Waals surface area contributed by atoms with Crippen LogP contribution >= 0.6 is 0 Å². The molecule has 0 saturated carbocycles. The molecule has 2 heterocycles. The Morgan fingerprint density at radius 3 is 2.52 bits per heavy atom. The van der Waals surface area contributed by atoms with Crippen molar-refractivity contribution in [1.82, 2.24) is 9.80 Å². The van der Waals surface area contributed by atoms with Gasteiger partial charge in [-0.2, -0.15) is 0 Å². The molecule has 0 aliphatic carbocycles. The van der Waals surface area contributed by atoms with Crippen LogP contribution < -0.4 is 0 Å². The smallest absolute Gasteiger partial charge is 0.242 e. The molecule has 0 N–H and O–H groups in total. The lowest BCUT2D eigenvalue weighted by Gasteiger charge is -2.29. The molecule has 0 radical (unpaired) electrons. The van der Waals surface area contributed by atoms with Crippen LogP contribution in [0.3, 0.4) is 0 Å². The van der Waals surface area contributed by atoms with Crippen molar-refractivity contribution in [3.05, 3.63) is 59.8 Å². The quantitative estimate of drug-likeness (QED) is 0.577. The second-order valence-electron chi connectivity index (χ2n) is 8.46. The number of hydrogen-bond acceptors (Lipinski definition) is 4. The van der Waals surface area contributed by atoms with E-state index in [4.69, 9.17) is 9.15 Å². The number of carbonyl (C=O) groups is 2. The van der Waals surface area contributed by atoms with Crippen molar-refractivity contribution in [1.29, 1.82) is 0 Å². The second-order valence-corrected chi connectivity index (χ2v) is 8.46. The van der Waals surface area contributed by atoms with Crippen LogP contribution in [0.15, 0.2) is 47.1 Å². The molecule has 2 aromatic rings. The van der Waals surface area contributed by atoms with Gasteiger partial charge < -0.3 is 19.0 Å². The zero-order valence-corrected chi connectivity index (χ0v) is 18.3. The van der Waals surface area contributed by atoms with Crippen LogP contribution in [0.2, 0.25) is 0 Å². The Morgan fingerprint density at radius 2 is 1.90 bits per heavy atom. The molecule has 2 amide bonds. The van der Waals surface area contributed by atoms with Gasteiger partial charge in [-0.3, -0.25) is 9.59 Å². The highest BCUT2D eigenvalue weighted by molar-refractivity contribution is 5.86. The van der Waals surface area contributed by atoms with E-state index in [0.29, 0.717) is 32.0 Å². The van der Waals surface area contributed by atoms with E-state index in [1.165, 1.54) is 12.1 Å². The number of ether oxygens (including phenoxy) is 1. The molecule has 1 saturated heterocycles. The highest BCUT2D eigenvalue weighted by Crippen LogP contribution is 2.16. The van der Waals surface area contributed by atoms with Crippen LogP contribution in [-0.4, -0.2) is 54.0 Å². The molecular formula is C24H31FN2O4. The highest BCUT2D eigenvalue weighted by atomic mass is 19.1. The number of carbonyl (C=O) groups excluding carboxylic acids is 2. The number of benzene rings is 1. The minimum absolute atomic E-state index is 0.00683. The zero-order chi connectivity index (χ0) is 22.2. The van der Waals surface area contributed by atoms with Gasteiger partial charge >= 0.3 is 0 Å². The third-order valence-corrected chi connectivity index (χ3v) is 5.26. The monoisotopic (exact) mass is 430 g/mol. The minimum atomic E-state index is -0.340. The number of nitrogens with zero attached hydrogens (tertiary/aromatic N) is 2. The molecule has 1 aromatic carbocycles. The standard InChI is InChI=1S/C24H31FN2O4/c1-18(2)14-26(23(28)13-19-7-9-20(25)10-8-19)17-24(29)27(15-21-5-3-11-30-21)16-22-6-4-12-31-22/h3,5,7-11,18,22H,4,6,12-17H2,1-2H3/t22-/m1/s1. The summed E-state index contributed by atoms with van der Waals surface area (Å²) in [6.07, 6.45) is 3.63. The van der Waals surface area contributed by atoms with E-state index in [-0.39, 0.29) is 42.6 Å². The average Bonchev–Trinajstić information content (AvgIpc) is 3.42. The SMILES string of the molecule is CC(C)CN(CC(=O)N(Cc1ccco1)C[C@H]1CCCO1)C(=O)Cc1ccc(F)cc1. The second kappa shape index (κ2) is 11.1. The first-order valence-corrected chi connectivity index (χ1v) is 10.8.